The summed E-state index contributed by atoms with van der Waals surface area (Å²) in [5.41, 5.74) is 3.75. The summed E-state index contributed by atoms with van der Waals surface area (Å²) in [6.07, 6.45) is 0. The van der Waals surface area contributed by atoms with Crippen molar-refractivity contribution in [2.75, 3.05) is 0 Å². The SMILES string of the molecule is C/C(=N\NC(=O)c1cccc(Cl)c1)c1ccc(Br)s1. The van der Waals surface area contributed by atoms with Crippen molar-refractivity contribution in [2.24, 2.45) is 5.10 Å². The maximum atomic E-state index is 11.9. The van der Waals surface area contributed by atoms with Crippen molar-refractivity contribution in [2.45, 2.75) is 6.92 Å². The predicted octanol–water partition coefficient (Wildman–Crippen LogP) is 4.32. The number of rotatable bonds is 3. The van der Waals surface area contributed by atoms with E-state index in [0.717, 1.165) is 14.4 Å². The standard InChI is InChI=1S/C13H10BrClN2OS/c1-8(11-5-6-12(14)19-11)16-17-13(18)9-3-2-4-10(15)7-9/h2-7H,1H3,(H,17,18)/b16-8+. The van der Waals surface area contributed by atoms with Gasteiger partial charge in [-0.05, 0) is 53.2 Å². The van der Waals surface area contributed by atoms with E-state index in [1.807, 2.05) is 19.1 Å². The molecule has 1 heterocycles. The normalized spacial score (nSPS) is 11.4. The molecule has 98 valence electrons. The highest BCUT2D eigenvalue weighted by molar-refractivity contribution is 9.11. The molecule has 1 amide bonds. The number of halogens is 2. The molecule has 3 nitrogen and oxygen atoms in total. The Kier molecular flexibility index (Phi) is 4.74. The number of amides is 1. The molecule has 0 unspecified atom stereocenters. The van der Waals surface area contributed by atoms with Crippen molar-refractivity contribution in [3.05, 3.63) is 55.6 Å². The number of benzene rings is 1. The molecule has 0 radical (unpaired) electrons. The van der Waals surface area contributed by atoms with Crippen LogP contribution in [0, 0.1) is 0 Å². The van der Waals surface area contributed by atoms with E-state index in [9.17, 15) is 4.79 Å². The van der Waals surface area contributed by atoms with Crippen LogP contribution in [-0.4, -0.2) is 11.6 Å². The number of hydrogen-bond acceptors (Lipinski definition) is 3. The van der Waals surface area contributed by atoms with Gasteiger partial charge in [0.2, 0.25) is 0 Å². The summed E-state index contributed by atoms with van der Waals surface area (Å²) in [5.74, 6) is -0.280. The molecule has 1 aromatic carbocycles. The number of hydrazone groups is 1. The van der Waals surface area contributed by atoms with Gasteiger partial charge in [0.25, 0.3) is 5.91 Å². The molecule has 6 heteroatoms. The van der Waals surface area contributed by atoms with Crippen LogP contribution in [0.2, 0.25) is 5.02 Å². The largest absolute Gasteiger partial charge is 0.271 e. The minimum Gasteiger partial charge on any atom is -0.267 e. The Morgan fingerprint density at radius 3 is 2.79 bits per heavy atom. The summed E-state index contributed by atoms with van der Waals surface area (Å²) in [4.78, 5) is 12.9. The predicted molar refractivity (Wildman–Crippen MR) is 83.1 cm³/mol. The van der Waals surface area contributed by atoms with Gasteiger partial charge in [0, 0.05) is 10.6 Å². The lowest BCUT2D eigenvalue weighted by Gasteiger charge is -2.01. The second kappa shape index (κ2) is 6.32. The van der Waals surface area contributed by atoms with Crippen molar-refractivity contribution in [3.8, 4) is 0 Å². The van der Waals surface area contributed by atoms with E-state index in [0.29, 0.717) is 10.6 Å². The van der Waals surface area contributed by atoms with E-state index in [1.54, 1.807) is 35.6 Å². The van der Waals surface area contributed by atoms with Gasteiger partial charge in [-0.25, -0.2) is 5.43 Å². The van der Waals surface area contributed by atoms with Crippen molar-refractivity contribution in [1.29, 1.82) is 0 Å². The average molecular weight is 358 g/mol. The van der Waals surface area contributed by atoms with Crippen LogP contribution in [0.15, 0.2) is 45.3 Å². The Bertz CT molecular complexity index is 639. The summed E-state index contributed by atoms with van der Waals surface area (Å²) < 4.78 is 1.03. The number of nitrogens with zero attached hydrogens (tertiary/aromatic N) is 1. The van der Waals surface area contributed by atoms with Crippen LogP contribution in [0.3, 0.4) is 0 Å². The highest BCUT2D eigenvalue weighted by atomic mass is 79.9. The van der Waals surface area contributed by atoms with Crippen LogP contribution < -0.4 is 5.43 Å². The van der Waals surface area contributed by atoms with Crippen LogP contribution in [0.25, 0.3) is 0 Å². The van der Waals surface area contributed by atoms with Crippen LogP contribution in [0.4, 0.5) is 0 Å². The zero-order valence-corrected chi connectivity index (χ0v) is 13.1. The van der Waals surface area contributed by atoms with E-state index in [4.69, 9.17) is 11.6 Å². The fourth-order valence-corrected chi connectivity index (χ4v) is 2.91. The maximum absolute atomic E-state index is 11.9. The second-order valence-corrected chi connectivity index (χ2v) is 6.65. The third kappa shape index (κ3) is 3.89. The number of thiophene rings is 1. The summed E-state index contributed by atoms with van der Waals surface area (Å²) in [7, 11) is 0. The van der Waals surface area contributed by atoms with Crippen molar-refractivity contribution < 1.29 is 4.79 Å². The van der Waals surface area contributed by atoms with Crippen molar-refractivity contribution >= 4 is 50.5 Å². The molecule has 1 aromatic heterocycles. The van der Waals surface area contributed by atoms with Crippen molar-refractivity contribution in [3.63, 3.8) is 0 Å². The third-order valence-electron chi connectivity index (χ3n) is 2.34. The lowest BCUT2D eigenvalue weighted by Crippen LogP contribution is -2.19. The highest BCUT2D eigenvalue weighted by Gasteiger charge is 2.06. The molecule has 0 atom stereocenters. The lowest BCUT2D eigenvalue weighted by atomic mass is 10.2. The van der Waals surface area contributed by atoms with Gasteiger partial charge >= 0.3 is 0 Å². The first-order chi connectivity index (χ1) is 9.06. The molecule has 0 fully saturated rings. The van der Waals surface area contributed by atoms with Gasteiger partial charge in [0.05, 0.1) is 14.4 Å². The number of hydrogen-bond donors (Lipinski definition) is 1. The molecular weight excluding hydrogens is 348 g/mol. The minimum atomic E-state index is -0.280. The molecule has 0 aliphatic carbocycles. The number of carbonyl (C=O) groups excluding carboxylic acids is 1. The molecule has 19 heavy (non-hydrogen) atoms. The van der Waals surface area contributed by atoms with E-state index < -0.39 is 0 Å². The molecule has 0 spiro atoms. The zero-order chi connectivity index (χ0) is 13.8. The Labute approximate surface area is 128 Å². The van der Waals surface area contributed by atoms with Crippen LogP contribution in [0.1, 0.15) is 22.2 Å². The maximum Gasteiger partial charge on any atom is 0.271 e. The highest BCUT2D eigenvalue weighted by Crippen LogP contribution is 2.22. The molecule has 2 rings (SSSR count). The van der Waals surface area contributed by atoms with E-state index >= 15 is 0 Å². The van der Waals surface area contributed by atoms with Gasteiger partial charge in [-0.15, -0.1) is 11.3 Å². The van der Waals surface area contributed by atoms with E-state index in [1.165, 1.54) is 0 Å². The van der Waals surface area contributed by atoms with Gasteiger partial charge < -0.3 is 0 Å². The van der Waals surface area contributed by atoms with Gasteiger partial charge in [0.1, 0.15) is 0 Å². The summed E-state index contributed by atoms with van der Waals surface area (Å²) in [6.45, 7) is 1.84. The molecule has 0 bridgehead atoms. The Hall–Kier alpha value is -1.17. The first-order valence-corrected chi connectivity index (χ1v) is 7.41. The lowest BCUT2D eigenvalue weighted by molar-refractivity contribution is 0.0955. The van der Waals surface area contributed by atoms with Crippen LogP contribution in [-0.2, 0) is 0 Å². The molecule has 0 aliphatic rings. The Balaban J connectivity index is 2.07. The molecule has 0 saturated carbocycles. The molecular formula is C13H10BrClN2OS. The number of nitrogens with one attached hydrogen (secondary N) is 1. The quantitative estimate of drug-likeness (QED) is 0.645. The first-order valence-electron chi connectivity index (χ1n) is 5.42. The summed E-state index contributed by atoms with van der Waals surface area (Å²) in [6, 6.07) is 10.6. The first kappa shape index (κ1) is 14.2. The van der Waals surface area contributed by atoms with Gasteiger partial charge in [-0.2, -0.15) is 5.10 Å². The average Bonchev–Trinajstić information content (AvgIpc) is 2.82. The molecule has 2 aromatic rings. The van der Waals surface area contributed by atoms with E-state index in [-0.39, 0.29) is 5.91 Å². The second-order valence-electron chi connectivity index (χ2n) is 3.75. The monoisotopic (exact) mass is 356 g/mol. The van der Waals surface area contributed by atoms with Crippen LogP contribution in [0.5, 0.6) is 0 Å². The minimum absolute atomic E-state index is 0.280. The molecule has 1 N–H and O–H groups in total. The van der Waals surface area contributed by atoms with Gasteiger partial charge in [-0.1, -0.05) is 17.7 Å². The number of carbonyl (C=O) groups is 1. The van der Waals surface area contributed by atoms with Crippen LogP contribution >= 0.6 is 38.9 Å². The summed E-state index contributed by atoms with van der Waals surface area (Å²) >= 11 is 10.8. The fourth-order valence-electron chi connectivity index (χ4n) is 1.39. The molecule has 0 saturated heterocycles. The Morgan fingerprint density at radius 2 is 2.16 bits per heavy atom. The fraction of sp³-hybridized carbons (Fsp3) is 0.0769. The third-order valence-corrected chi connectivity index (χ3v) is 4.31. The summed E-state index contributed by atoms with van der Waals surface area (Å²) in [5, 5.41) is 4.60. The Morgan fingerprint density at radius 1 is 1.37 bits per heavy atom. The van der Waals surface area contributed by atoms with Crippen molar-refractivity contribution in [1.82, 2.24) is 5.43 Å². The smallest absolute Gasteiger partial charge is 0.267 e. The topological polar surface area (TPSA) is 41.5 Å². The van der Waals surface area contributed by atoms with Gasteiger partial charge in [0.15, 0.2) is 0 Å². The zero-order valence-electron chi connectivity index (χ0n) is 9.98. The van der Waals surface area contributed by atoms with Gasteiger partial charge in [-0.3, -0.25) is 4.79 Å². The van der Waals surface area contributed by atoms with E-state index in [2.05, 4.69) is 26.5 Å². The molecule has 0 aliphatic heterocycles.